The summed E-state index contributed by atoms with van der Waals surface area (Å²) in [5, 5.41) is 2.34. The van der Waals surface area contributed by atoms with E-state index in [0.717, 1.165) is 24.2 Å². The van der Waals surface area contributed by atoms with Crippen LogP contribution in [0.25, 0.3) is 10.8 Å². The molecule has 0 unspecified atom stereocenters. The van der Waals surface area contributed by atoms with Gasteiger partial charge in [0, 0.05) is 30.1 Å². The number of methoxy groups -OCH3 is 1. The van der Waals surface area contributed by atoms with E-state index in [4.69, 9.17) is 4.74 Å². The smallest absolute Gasteiger partial charge is 0.128 e. The summed E-state index contributed by atoms with van der Waals surface area (Å²) < 4.78 is 5.41. The van der Waals surface area contributed by atoms with E-state index in [1.165, 1.54) is 30.3 Å². The van der Waals surface area contributed by atoms with Crippen LogP contribution in [0.4, 0.5) is 5.69 Å². The number of nitrogens with zero attached hydrogens (tertiary/aromatic N) is 2. The van der Waals surface area contributed by atoms with E-state index >= 15 is 0 Å². The second-order valence-electron chi connectivity index (χ2n) is 4.76. The van der Waals surface area contributed by atoms with Gasteiger partial charge in [-0.2, -0.15) is 0 Å². The van der Waals surface area contributed by atoms with Crippen LogP contribution < -0.4 is 9.64 Å². The van der Waals surface area contributed by atoms with Crippen molar-refractivity contribution >= 4 is 16.5 Å². The fourth-order valence-corrected chi connectivity index (χ4v) is 2.72. The van der Waals surface area contributed by atoms with Crippen molar-refractivity contribution < 1.29 is 4.74 Å². The third kappa shape index (κ3) is 1.90. The van der Waals surface area contributed by atoms with Gasteiger partial charge in [-0.15, -0.1) is 0 Å². The lowest BCUT2D eigenvalue weighted by Gasteiger charge is -2.29. The number of anilines is 1. The molecule has 3 nitrogen and oxygen atoms in total. The number of hydrogen-bond donors (Lipinski definition) is 0. The van der Waals surface area contributed by atoms with Crippen molar-refractivity contribution in [2.45, 2.75) is 19.3 Å². The Morgan fingerprint density at radius 3 is 2.67 bits per heavy atom. The van der Waals surface area contributed by atoms with E-state index in [1.807, 2.05) is 18.5 Å². The lowest BCUT2D eigenvalue weighted by Crippen LogP contribution is -2.29. The standard InChI is InChI=1S/C15H18N2O/c1-18-15-7-5-6-12-13(15)10-16-11-14(12)17-8-3-2-4-9-17/h5-7,10-11H,2-4,8-9H2,1H3. The summed E-state index contributed by atoms with van der Waals surface area (Å²) in [6.07, 6.45) is 7.77. The Labute approximate surface area is 107 Å². The normalized spacial score (nSPS) is 15.9. The van der Waals surface area contributed by atoms with Crippen molar-refractivity contribution in [1.29, 1.82) is 0 Å². The summed E-state index contributed by atoms with van der Waals surface area (Å²) in [5.74, 6) is 0.902. The number of benzene rings is 1. The lowest BCUT2D eigenvalue weighted by molar-refractivity contribution is 0.419. The predicted molar refractivity (Wildman–Crippen MR) is 74.4 cm³/mol. The van der Waals surface area contributed by atoms with Crippen molar-refractivity contribution in [3.8, 4) is 5.75 Å². The maximum absolute atomic E-state index is 5.41. The van der Waals surface area contributed by atoms with Crippen molar-refractivity contribution in [2.75, 3.05) is 25.1 Å². The fraction of sp³-hybridized carbons (Fsp3) is 0.400. The number of pyridine rings is 1. The predicted octanol–water partition coefficient (Wildman–Crippen LogP) is 3.23. The maximum Gasteiger partial charge on any atom is 0.128 e. The SMILES string of the molecule is COc1cccc2c(N3CCCCC3)cncc12. The van der Waals surface area contributed by atoms with E-state index in [-0.39, 0.29) is 0 Å². The third-order valence-corrected chi connectivity index (χ3v) is 3.66. The van der Waals surface area contributed by atoms with E-state index < -0.39 is 0 Å². The van der Waals surface area contributed by atoms with Crippen LogP contribution in [0.3, 0.4) is 0 Å². The Hall–Kier alpha value is -1.77. The van der Waals surface area contributed by atoms with Gasteiger partial charge in [-0.05, 0) is 25.3 Å². The van der Waals surface area contributed by atoms with Crippen LogP contribution in [0.2, 0.25) is 0 Å². The molecule has 2 aromatic rings. The molecule has 2 heterocycles. The van der Waals surface area contributed by atoms with Gasteiger partial charge in [-0.1, -0.05) is 12.1 Å². The van der Waals surface area contributed by atoms with Gasteiger partial charge in [0.1, 0.15) is 5.75 Å². The zero-order valence-corrected chi connectivity index (χ0v) is 10.7. The first kappa shape index (κ1) is 11.3. The number of ether oxygens (including phenoxy) is 1. The van der Waals surface area contributed by atoms with Gasteiger partial charge in [0.25, 0.3) is 0 Å². The highest BCUT2D eigenvalue weighted by Crippen LogP contribution is 2.32. The van der Waals surface area contributed by atoms with E-state index in [2.05, 4.69) is 22.0 Å². The minimum atomic E-state index is 0.902. The first-order valence-electron chi connectivity index (χ1n) is 6.56. The van der Waals surface area contributed by atoms with Crippen molar-refractivity contribution in [3.05, 3.63) is 30.6 Å². The molecule has 1 aromatic heterocycles. The second-order valence-corrected chi connectivity index (χ2v) is 4.76. The van der Waals surface area contributed by atoms with Gasteiger partial charge in [0.05, 0.1) is 19.0 Å². The van der Waals surface area contributed by atoms with Gasteiger partial charge in [0.15, 0.2) is 0 Å². The largest absolute Gasteiger partial charge is 0.496 e. The lowest BCUT2D eigenvalue weighted by atomic mass is 10.1. The van der Waals surface area contributed by atoms with E-state index in [9.17, 15) is 0 Å². The van der Waals surface area contributed by atoms with E-state index in [0.29, 0.717) is 0 Å². The van der Waals surface area contributed by atoms with Crippen molar-refractivity contribution in [1.82, 2.24) is 4.98 Å². The highest BCUT2D eigenvalue weighted by molar-refractivity contribution is 5.97. The molecule has 0 spiro atoms. The minimum Gasteiger partial charge on any atom is -0.496 e. The van der Waals surface area contributed by atoms with Gasteiger partial charge < -0.3 is 9.64 Å². The monoisotopic (exact) mass is 242 g/mol. The van der Waals surface area contributed by atoms with Crippen LogP contribution in [0.15, 0.2) is 30.6 Å². The van der Waals surface area contributed by atoms with Gasteiger partial charge >= 0.3 is 0 Å². The summed E-state index contributed by atoms with van der Waals surface area (Å²) in [5.41, 5.74) is 1.24. The molecule has 0 saturated carbocycles. The molecule has 1 aliphatic rings. The van der Waals surface area contributed by atoms with Crippen LogP contribution in [-0.4, -0.2) is 25.2 Å². The first-order chi connectivity index (χ1) is 8.90. The van der Waals surface area contributed by atoms with Crippen LogP contribution in [-0.2, 0) is 0 Å². The van der Waals surface area contributed by atoms with Crippen LogP contribution >= 0.6 is 0 Å². The van der Waals surface area contributed by atoms with Crippen LogP contribution in [0.1, 0.15) is 19.3 Å². The molecule has 94 valence electrons. The zero-order valence-electron chi connectivity index (χ0n) is 10.7. The van der Waals surface area contributed by atoms with Gasteiger partial charge in [0.2, 0.25) is 0 Å². The molecule has 0 aliphatic carbocycles. The molecule has 1 fully saturated rings. The fourth-order valence-electron chi connectivity index (χ4n) is 2.72. The first-order valence-corrected chi connectivity index (χ1v) is 6.56. The van der Waals surface area contributed by atoms with E-state index in [1.54, 1.807) is 7.11 Å². The number of rotatable bonds is 2. The average Bonchev–Trinajstić information content (AvgIpc) is 2.47. The molecule has 0 amide bonds. The Bertz CT molecular complexity index is 547. The van der Waals surface area contributed by atoms with Crippen molar-refractivity contribution in [3.63, 3.8) is 0 Å². The zero-order chi connectivity index (χ0) is 12.4. The Kier molecular flexibility index (Phi) is 3.05. The number of piperidine rings is 1. The molecular weight excluding hydrogens is 224 g/mol. The summed E-state index contributed by atoms with van der Waals surface area (Å²) >= 11 is 0. The summed E-state index contributed by atoms with van der Waals surface area (Å²) in [6, 6.07) is 6.20. The Morgan fingerprint density at radius 1 is 1.06 bits per heavy atom. The minimum absolute atomic E-state index is 0.902. The Morgan fingerprint density at radius 2 is 1.89 bits per heavy atom. The third-order valence-electron chi connectivity index (χ3n) is 3.66. The highest BCUT2D eigenvalue weighted by Gasteiger charge is 2.14. The van der Waals surface area contributed by atoms with Gasteiger partial charge in [-0.3, -0.25) is 4.98 Å². The average molecular weight is 242 g/mol. The molecule has 1 aliphatic heterocycles. The summed E-state index contributed by atoms with van der Waals surface area (Å²) in [6.45, 7) is 2.27. The number of hydrogen-bond acceptors (Lipinski definition) is 3. The number of fused-ring (bicyclic) bond motifs is 1. The summed E-state index contributed by atoms with van der Waals surface area (Å²) in [4.78, 5) is 6.82. The molecule has 18 heavy (non-hydrogen) atoms. The van der Waals surface area contributed by atoms with Gasteiger partial charge in [-0.25, -0.2) is 0 Å². The highest BCUT2D eigenvalue weighted by atomic mass is 16.5. The molecule has 0 N–H and O–H groups in total. The molecule has 1 aromatic carbocycles. The second kappa shape index (κ2) is 4.84. The summed E-state index contributed by atoms with van der Waals surface area (Å²) in [7, 11) is 1.71. The molecule has 1 saturated heterocycles. The molecular formula is C15H18N2O. The molecule has 0 bridgehead atoms. The van der Waals surface area contributed by atoms with Crippen LogP contribution in [0.5, 0.6) is 5.75 Å². The molecule has 0 atom stereocenters. The number of aromatic nitrogens is 1. The van der Waals surface area contributed by atoms with Crippen LogP contribution in [0, 0.1) is 0 Å². The molecule has 0 radical (unpaired) electrons. The quantitative estimate of drug-likeness (QED) is 0.808. The molecule has 3 heteroatoms. The topological polar surface area (TPSA) is 25.4 Å². The van der Waals surface area contributed by atoms with Crippen molar-refractivity contribution in [2.24, 2.45) is 0 Å². The maximum atomic E-state index is 5.41. The Balaban J connectivity index is 2.11. The molecule has 3 rings (SSSR count).